The highest BCUT2D eigenvalue weighted by atomic mass is 16.4. The highest BCUT2D eigenvalue weighted by Crippen LogP contribution is 2.21. The van der Waals surface area contributed by atoms with E-state index >= 15 is 0 Å². The van der Waals surface area contributed by atoms with Gasteiger partial charge in [0.05, 0.1) is 6.42 Å². The van der Waals surface area contributed by atoms with Crippen LogP contribution in [0.5, 0.6) is 0 Å². The molecule has 0 aliphatic heterocycles. The number of aliphatic carboxylic acids is 1. The lowest BCUT2D eigenvalue weighted by atomic mass is 9.86. The zero-order chi connectivity index (χ0) is 15.6. The number of H-pyrrole nitrogens is 1. The molecular formula is C16H20N2O3. The van der Waals surface area contributed by atoms with Crippen LogP contribution in [0.1, 0.15) is 26.3 Å². The summed E-state index contributed by atoms with van der Waals surface area (Å²) < 4.78 is 0. The van der Waals surface area contributed by atoms with Gasteiger partial charge in [0.1, 0.15) is 6.04 Å². The number of para-hydroxylation sites is 1. The van der Waals surface area contributed by atoms with Crippen molar-refractivity contribution < 1.29 is 14.7 Å². The first-order chi connectivity index (χ1) is 9.79. The number of carbonyl (C=O) groups is 2. The summed E-state index contributed by atoms with van der Waals surface area (Å²) in [5.74, 6) is -1.31. The zero-order valence-electron chi connectivity index (χ0n) is 12.4. The lowest BCUT2D eigenvalue weighted by molar-refractivity contribution is -0.144. The van der Waals surface area contributed by atoms with Gasteiger partial charge >= 0.3 is 5.97 Å². The molecular weight excluding hydrogens is 268 g/mol. The summed E-state index contributed by atoms with van der Waals surface area (Å²) in [6, 6.07) is 6.80. The number of hydrogen-bond acceptors (Lipinski definition) is 2. The van der Waals surface area contributed by atoms with E-state index in [9.17, 15) is 14.7 Å². The SMILES string of the molecule is CC(C)(C)[C@@H](NC(=O)Cc1c[nH]c2ccccc12)C(=O)O. The Morgan fingerprint density at radius 2 is 1.95 bits per heavy atom. The van der Waals surface area contributed by atoms with E-state index in [1.165, 1.54) is 0 Å². The fraction of sp³-hybridized carbons (Fsp3) is 0.375. The van der Waals surface area contributed by atoms with Crippen molar-refractivity contribution >= 4 is 22.8 Å². The third-order valence-corrected chi connectivity index (χ3v) is 3.44. The number of carboxylic acids is 1. The quantitative estimate of drug-likeness (QED) is 0.807. The number of carboxylic acid groups (broad SMARTS) is 1. The third-order valence-electron chi connectivity index (χ3n) is 3.44. The third kappa shape index (κ3) is 3.42. The first-order valence-electron chi connectivity index (χ1n) is 6.86. The van der Waals surface area contributed by atoms with Gasteiger partial charge in [-0.25, -0.2) is 4.79 Å². The highest BCUT2D eigenvalue weighted by molar-refractivity contribution is 5.90. The molecule has 0 radical (unpaired) electrons. The molecule has 1 aromatic heterocycles. The molecule has 0 bridgehead atoms. The second kappa shape index (κ2) is 5.60. The minimum Gasteiger partial charge on any atom is -0.480 e. The number of aromatic nitrogens is 1. The number of hydrogen-bond donors (Lipinski definition) is 3. The van der Waals surface area contributed by atoms with Gasteiger partial charge in [-0.2, -0.15) is 0 Å². The van der Waals surface area contributed by atoms with Crippen molar-refractivity contribution in [2.45, 2.75) is 33.2 Å². The van der Waals surface area contributed by atoms with Gasteiger partial charge in [-0.3, -0.25) is 4.79 Å². The maximum Gasteiger partial charge on any atom is 0.326 e. The molecule has 0 saturated heterocycles. The molecule has 2 rings (SSSR count). The van der Waals surface area contributed by atoms with Crippen molar-refractivity contribution in [1.29, 1.82) is 0 Å². The molecule has 1 amide bonds. The Bertz CT molecular complexity index is 667. The largest absolute Gasteiger partial charge is 0.480 e. The van der Waals surface area contributed by atoms with E-state index < -0.39 is 17.4 Å². The van der Waals surface area contributed by atoms with Gasteiger partial charge in [0, 0.05) is 17.1 Å². The van der Waals surface area contributed by atoms with Crippen LogP contribution in [-0.4, -0.2) is 28.0 Å². The minimum absolute atomic E-state index is 0.157. The number of aromatic amines is 1. The van der Waals surface area contributed by atoms with Crippen molar-refractivity contribution in [1.82, 2.24) is 10.3 Å². The number of benzene rings is 1. The Morgan fingerprint density at radius 1 is 1.29 bits per heavy atom. The van der Waals surface area contributed by atoms with Crippen LogP contribution < -0.4 is 5.32 Å². The predicted octanol–water partition coefficient (Wildman–Crippen LogP) is 2.33. The molecule has 1 atom stereocenters. The summed E-state index contributed by atoms with van der Waals surface area (Å²) in [7, 11) is 0. The molecule has 3 N–H and O–H groups in total. The molecule has 2 aromatic rings. The molecule has 0 fully saturated rings. The first-order valence-corrected chi connectivity index (χ1v) is 6.86. The van der Waals surface area contributed by atoms with E-state index in [-0.39, 0.29) is 12.3 Å². The Hall–Kier alpha value is -2.30. The van der Waals surface area contributed by atoms with Crippen LogP contribution in [0.4, 0.5) is 0 Å². The predicted molar refractivity (Wildman–Crippen MR) is 81.0 cm³/mol. The molecule has 5 nitrogen and oxygen atoms in total. The van der Waals surface area contributed by atoms with E-state index in [0.29, 0.717) is 0 Å². The summed E-state index contributed by atoms with van der Waals surface area (Å²) in [6.07, 6.45) is 1.95. The molecule has 112 valence electrons. The average Bonchev–Trinajstić information content (AvgIpc) is 2.78. The standard InChI is InChI=1S/C16H20N2O3/c1-16(2,3)14(15(20)21)18-13(19)8-10-9-17-12-7-5-4-6-11(10)12/h4-7,9,14,17H,8H2,1-3H3,(H,18,19)(H,20,21)/t14-/m0/s1. The topological polar surface area (TPSA) is 82.2 Å². The Balaban J connectivity index is 2.13. The van der Waals surface area contributed by atoms with Crippen LogP contribution in [0.25, 0.3) is 10.9 Å². The van der Waals surface area contributed by atoms with Gasteiger partial charge in [-0.15, -0.1) is 0 Å². The zero-order valence-corrected chi connectivity index (χ0v) is 12.4. The molecule has 5 heteroatoms. The number of rotatable bonds is 4. The summed E-state index contributed by atoms with van der Waals surface area (Å²) in [4.78, 5) is 26.5. The lowest BCUT2D eigenvalue weighted by Crippen LogP contribution is -2.49. The van der Waals surface area contributed by atoms with Crippen LogP contribution in [0, 0.1) is 5.41 Å². The summed E-state index contributed by atoms with van der Waals surface area (Å²) in [5.41, 5.74) is 1.29. The minimum atomic E-state index is -1.02. The van der Waals surface area contributed by atoms with Crippen LogP contribution in [-0.2, 0) is 16.0 Å². The van der Waals surface area contributed by atoms with Crippen LogP contribution in [0.2, 0.25) is 0 Å². The van der Waals surface area contributed by atoms with Gasteiger partial charge in [0.25, 0.3) is 0 Å². The summed E-state index contributed by atoms with van der Waals surface area (Å²) in [6.45, 7) is 5.37. The highest BCUT2D eigenvalue weighted by Gasteiger charge is 2.32. The van der Waals surface area contributed by atoms with Gasteiger partial charge in [0.15, 0.2) is 0 Å². The average molecular weight is 288 g/mol. The Kier molecular flexibility index (Phi) is 4.02. The monoisotopic (exact) mass is 288 g/mol. The van der Waals surface area contributed by atoms with Crippen molar-refractivity contribution in [3.63, 3.8) is 0 Å². The molecule has 1 aromatic carbocycles. The number of fused-ring (bicyclic) bond motifs is 1. The molecule has 0 aliphatic rings. The smallest absolute Gasteiger partial charge is 0.326 e. The number of carbonyl (C=O) groups excluding carboxylic acids is 1. The fourth-order valence-corrected chi connectivity index (χ4v) is 2.31. The van der Waals surface area contributed by atoms with E-state index in [1.807, 2.05) is 24.3 Å². The molecule has 0 spiro atoms. The number of nitrogens with one attached hydrogen (secondary N) is 2. The van der Waals surface area contributed by atoms with Gasteiger partial charge in [-0.05, 0) is 17.0 Å². The normalized spacial score (nSPS) is 13.1. The van der Waals surface area contributed by atoms with Crippen molar-refractivity contribution in [3.8, 4) is 0 Å². The number of amides is 1. The van der Waals surface area contributed by atoms with Crippen LogP contribution in [0.15, 0.2) is 30.5 Å². The first kappa shape index (κ1) is 15.1. The lowest BCUT2D eigenvalue weighted by Gasteiger charge is -2.27. The van der Waals surface area contributed by atoms with E-state index in [2.05, 4.69) is 10.3 Å². The van der Waals surface area contributed by atoms with Crippen LogP contribution >= 0.6 is 0 Å². The van der Waals surface area contributed by atoms with Crippen molar-refractivity contribution in [2.24, 2.45) is 5.41 Å². The fourth-order valence-electron chi connectivity index (χ4n) is 2.31. The summed E-state index contributed by atoms with van der Waals surface area (Å²) >= 11 is 0. The molecule has 0 aliphatic carbocycles. The molecule has 21 heavy (non-hydrogen) atoms. The Morgan fingerprint density at radius 3 is 2.57 bits per heavy atom. The second-order valence-electron chi connectivity index (χ2n) is 6.24. The molecule has 1 heterocycles. The maximum atomic E-state index is 12.1. The van der Waals surface area contributed by atoms with Gasteiger partial charge in [-0.1, -0.05) is 39.0 Å². The second-order valence-corrected chi connectivity index (χ2v) is 6.24. The van der Waals surface area contributed by atoms with Crippen molar-refractivity contribution in [2.75, 3.05) is 0 Å². The Labute approximate surface area is 123 Å². The molecule has 0 unspecified atom stereocenters. The van der Waals surface area contributed by atoms with E-state index in [0.717, 1.165) is 16.5 Å². The van der Waals surface area contributed by atoms with Crippen LogP contribution in [0.3, 0.4) is 0 Å². The van der Waals surface area contributed by atoms with E-state index in [1.54, 1.807) is 27.0 Å². The molecule has 0 saturated carbocycles. The van der Waals surface area contributed by atoms with Gasteiger partial charge in [0.2, 0.25) is 5.91 Å². The van der Waals surface area contributed by atoms with Crippen molar-refractivity contribution in [3.05, 3.63) is 36.0 Å². The van der Waals surface area contributed by atoms with Gasteiger partial charge < -0.3 is 15.4 Å². The maximum absolute atomic E-state index is 12.1. The summed E-state index contributed by atoms with van der Waals surface area (Å²) in [5, 5.41) is 12.8. The van der Waals surface area contributed by atoms with E-state index in [4.69, 9.17) is 0 Å².